The molecule has 1 rings (SSSR count). The van der Waals surface area contributed by atoms with Crippen LogP contribution in [0.15, 0.2) is 24.3 Å². The highest BCUT2D eigenvalue weighted by Crippen LogP contribution is 2.11. The van der Waals surface area contributed by atoms with Gasteiger partial charge in [0, 0.05) is 18.7 Å². The molecule has 0 aliphatic heterocycles. The Balaban J connectivity index is 2.69. The van der Waals surface area contributed by atoms with E-state index in [1.165, 1.54) is 11.9 Å². The second-order valence-electron chi connectivity index (χ2n) is 4.78. The third-order valence-electron chi connectivity index (χ3n) is 2.85. The number of hydrazine groups is 1. The number of rotatable bonds is 6. The number of benzene rings is 1. The van der Waals surface area contributed by atoms with Gasteiger partial charge in [-0.1, -0.05) is 24.3 Å². The molecule has 0 unspecified atom stereocenters. The number of likely N-dealkylation sites (N-methyl/N-ethyl adjacent to an activating group) is 1. The van der Waals surface area contributed by atoms with E-state index in [4.69, 9.17) is 5.84 Å². The molecular formula is C14H21N3O2. The van der Waals surface area contributed by atoms with Crippen molar-refractivity contribution in [2.24, 2.45) is 5.84 Å². The molecule has 0 atom stereocenters. The van der Waals surface area contributed by atoms with Crippen molar-refractivity contribution >= 4 is 11.7 Å². The standard InChI is InChI=1S/C14H21N3O2/c1-11(18)13-7-5-4-6-12(13)10-14(19)17(15)9-8-16(2)3/h4-7H,8-10,15H2,1-3H3. The number of ketones is 1. The van der Waals surface area contributed by atoms with Crippen molar-refractivity contribution in [2.75, 3.05) is 27.2 Å². The monoisotopic (exact) mass is 263 g/mol. The predicted molar refractivity (Wildman–Crippen MR) is 74.6 cm³/mol. The minimum Gasteiger partial charge on any atom is -0.308 e. The van der Waals surface area contributed by atoms with Gasteiger partial charge in [0.2, 0.25) is 5.91 Å². The summed E-state index contributed by atoms with van der Waals surface area (Å²) < 4.78 is 0. The number of nitrogens with two attached hydrogens (primary N) is 1. The Labute approximate surface area is 114 Å². The van der Waals surface area contributed by atoms with E-state index in [0.29, 0.717) is 18.7 Å². The summed E-state index contributed by atoms with van der Waals surface area (Å²) in [6.07, 6.45) is 0.152. The average Bonchev–Trinajstić information content (AvgIpc) is 2.36. The molecule has 5 nitrogen and oxygen atoms in total. The number of carbonyl (C=O) groups excluding carboxylic acids is 2. The predicted octanol–water partition coefficient (Wildman–Crippen LogP) is 0.696. The second-order valence-corrected chi connectivity index (χ2v) is 4.78. The topological polar surface area (TPSA) is 66.6 Å². The van der Waals surface area contributed by atoms with Crippen LogP contribution < -0.4 is 5.84 Å². The molecule has 0 saturated heterocycles. The molecule has 0 saturated carbocycles. The molecule has 1 amide bonds. The van der Waals surface area contributed by atoms with Crippen molar-refractivity contribution in [3.63, 3.8) is 0 Å². The van der Waals surface area contributed by atoms with Crippen LogP contribution in [0.1, 0.15) is 22.8 Å². The average molecular weight is 263 g/mol. The van der Waals surface area contributed by atoms with Crippen LogP contribution in [0, 0.1) is 0 Å². The Morgan fingerprint density at radius 2 is 1.79 bits per heavy atom. The van der Waals surface area contributed by atoms with Gasteiger partial charge < -0.3 is 4.90 Å². The van der Waals surface area contributed by atoms with Gasteiger partial charge in [-0.25, -0.2) is 5.84 Å². The Morgan fingerprint density at radius 1 is 1.16 bits per heavy atom. The summed E-state index contributed by atoms with van der Waals surface area (Å²) in [5.74, 6) is 5.49. The molecule has 0 heterocycles. The molecule has 1 aromatic rings. The largest absolute Gasteiger partial charge is 0.308 e. The van der Waals surface area contributed by atoms with Gasteiger partial charge >= 0.3 is 0 Å². The number of hydrogen-bond acceptors (Lipinski definition) is 4. The number of carbonyl (C=O) groups is 2. The first-order valence-electron chi connectivity index (χ1n) is 6.20. The van der Waals surface area contributed by atoms with Crippen LogP contribution in [0.4, 0.5) is 0 Å². The highest BCUT2D eigenvalue weighted by Gasteiger charge is 2.14. The lowest BCUT2D eigenvalue weighted by molar-refractivity contribution is -0.130. The molecule has 104 valence electrons. The van der Waals surface area contributed by atoms with Crippen LogP contribution in [0.3, 0.4) is 0 Å². The van der Waals surface area contributed by atoms with Crippen molar-refractivity contribution < 1.29 is 9.59 Å². The smallest absolute Gasteiger partial charge is 0.240 e. The molecular weight excluding hydrogens is 242 g/mol. The van der Waals surface area contributed by atoms with E-state index in [-0.39, 0.29) is 18.1 Å². The molecule has 5 heteroatoms. The van der Waals surface area contributed by atoms with Crippen LogP contribution in [-0.2, 0) is 11.2 Å². The molecule has 1 aromatic carbocycles. The molecule has 2 N–H and O–H groups in total. The second kappa shape index (κ2) is 7.01. The maximum atomic E-state index is 12.0. The molecule has 0 aromatic heterocycles. The molecule has 0 fully saturated rings. The fourth-order valence-corrected chi connectivity index (χ4v) is 1.71. The summed E-state index contributed by atoms with van der Waals surface area (Å²) in [5.41, 5.74) is 1.30. The van der Waals surface area contributed by atoms with Crippen molar-refractivity contribution in [1.29, 1.82) is 0 Å². The Kier molecular flexibility index (Phi) is 5.66. The molecule has 0 bridgehead atoms. The summed E-state index contributed by atoms with van der Waals surface area (Å²) in [5, 5.41) is 1.21. The molecule has 0 aliphatic carbocycles. The maximum Gasteiger partial charge on any atom is 0.240 e. The number of hydrogen-bond donors (Lipinski definition) is 1. The van der Waals surface area contributed by atoms with Gasteiger partial charge in [-0.05, 0) is 26.6 Å². The van der Waals surface area contributed by atoms with Gasteiger partial charge in [0.1, 0.15) is 0 Å². The number of Topliss-reactive ketones (excluding diaryl/α,β-unsaturated/α-hetero) is 1. The number of amides is 1. The quantitative estimate of drug-likeness (QED) is 0.355. The van der Waals surface area contributed by atoms with E-state index < -0.39 is 0 Å². The SMILES string of the molecule is CC(=O)c1ccccc1CC(=O)N(N)CCN(C)C. The fraction of sp³-hybridized carbons (Fsp3) is 0.429. The fourth-order valence-electron chi connectivity index (χ4n) is 1.71. The molecule has 0 radical (unpaired) electrons. The van der Waals surface area contributed by atoms with Gasteiger partial charge in [0.25, 0.3) is 0 Å². The highest BCUT2D eigenvalue weighted by atomic mass is 16.2. The van der Waals surface area contributed by atoms with E-state index in [9.17, 15) is 9.59 Å². The normalized spacial score (nSPS) is 10.6. The maximum absolute atomic E-state index is 12.0. The van der Waals surface area contributed by atoms with Crippen molar-refractivity contribution in [2.45, 2.75) is 13.3 Å². The van der Waals surface area contributed by atoms with E-state index in [2.05, 4.69) is 0 Å². The van der Waals surface area contributed by atoms with Gasteiger partial charge in [0.05, 0.1) is 6.42 Å². The third kappa shape index (κ3) is 4.81. The minimum absolute atomic E-state index is 0.0414. The molecule has 0 spiro atoms. The lowest BCUT2D eigenvalue weighted by atomic mass is 10.0. The lowest BCUT2D eigenvalue weighted by Gasteiger charge is -2.19. The molecule has 0 aliphatic rings. The zero-order chi connectivity index (χ0) is 14.4. The van der Waals surface area contributed by atoms with E-state index in [1.54, 1.807) is 18.2 Å². The zero-order valence-electron chi connectivity index (χ0n) is 11.7. The van der Waals surface area contributed by atoms with Gasteiger partial charge in [-0.15, -0.1) is 0 Å². The van der Waals surface area contributed by atoms with Gasteiger partial charge in [-0.3, -0.25) is 14.6 Å². The van der Waals surface area contributed by atoms with Gasteiger partial charge in [-0.2, -0.15) is 0 Å². The number of nitrogens with zero attached hydrogens (tertiary/aromatic N) is 2. The first-order chi connectivity index (χ1) is 8.91. The summed E-state index contributed by atoms with van der Waals surface area (Å²) >= 11 is 0. The highest BCUT2D eigenvalue weighted by molar-refractivity contribution is 5.96. The van der Waals surface area contributed by atoms with E-state index in [0.717, 1.165) is 5.56 Å². The van der Waals surface area contributed by atoms with E-state index in [1.807, 2.05) is 25.1 Å². The van der Waals surface area contributed by atoms with Crippen molar-refractivity contribution in [3.05, 3.63) is 35.4 Å². The Bertz CT molecular complexity index is 458. The van der Waals surface area contributed by atoms with Crippen LogP contribution in [-0.4, -0.2) is 48.8 Å². The van der Waals surface area contributed by atoms with Crippen LogP contribution in [0.2, 0.25) is 0 Å². The summed E-state index contributed by atoms with van der Waals surface area (Å²) in [6, 6.07) is 7.12. The Morgan fingerprint density at radius 3 is 2.37 bits per heavy atom. The van der Waals surface area contributed by atoms with Crippen molar-refractivity contribution in [3.8, 4) is 0 Å². The van der Waals surface area contributed by atoms with Crippen LogP contribution in [0.5, 0.6) is 0 Å². The minimum atomic E-state index is -0.185. The lowest BCUT2D eigenvalue weighted by Crippen LogP contribution is -2.42. The molecule has 19 heavy (non-hydrogen) atoms. The Hall–Kier alpha value is -1.72. The first-order valence-corrected chi connectivity index (χ1v) is 6.20. The van der Waals surface area contributed by atoms with E-state index >= 15 is 0 Å². The van der Waals surface area contributed by atoms with Crippen molar-refractivity contribution in [1.82, 2.24) is 9.91 Å². The first kappa shape index (κ1) is 15.3. The zero-order valence-corrected chi connectivity index (χ0v) is 11.7. The van der Waals surface area contributed by atoms with Gasteiger partial charge in [0.15, 0.2) is 5.78 Å². The summed E-state index contributed by atoms with van der Waals surface area (Å²) in [6.45, 7) is 2.67. The summed E-state index contributed by atoms with van der Waals surface area (Å²) in [4.78, 5) is 25.4. The summed E-state index contributed by atoms with van der Waals surface area (Å²) in [7, 11) is 3.84. The van der Waals surface area contributed by atoms with Crippen LogP contribution >= 0.6 is 0 Å². The van der Waals surface area contributed by atoms with Crippen LogP contribution in [0.25, 0.3) is 0 Å². The third-order valence-corrected chi connectivity index (χ3v) is 2.85.